The van der Waals surface area contributed by atoms with E-state index < -0.39 is 0 Å². The lowest BCUT2D eigenvalue weighted by atomic mass is 10.3. The average molecular weight is 355 g/mol. The Bertz CT molecular complexity index is 716. The number of amidine groups is 1. The molecule has 0 spiro atoms. The van der Waals surface area contributed by atoms with Crippen LogP contribution in [-0.4, -0.2) is 28.3 Å². The van der Waals surface area contributed by atoms with Crippen LogP contribution in [0.2, 0.25) is 10.0 Å². The molecule has 1 amide bonds. The molecule has 1 aliphatic rings. The number of benzene rings is 1. The van der Waals surface area contributed by atoms with Gasteiger partial charge >= 0.3 is 0 Å². The van der Waals surface area contributed by atoms with Gasteiger partial charge in [0.2, 0.25) is 0 Å². The molecule has 1 aromatic heterocycles. The molecule has 4 nitrogen and oxygen atoms in total. The summed E-state index contributed by atoms with van der Waals surface area (Å²) in [6.07, 6.45) is 3.85. The number of aliphatic imine (C=N–C) groups is 1. The van der Waals surface area contributed by atoms with E-state index in [-0.39, 0.29) is 5.91 Å². The summed E-state index contributed by atoms with van der Waals surface area (Å²) in [6.45, 7) is 0.636. The van der Waals surface area contributed by atoms with Crippen LogP contribution in [0.1, 0.15) is 16.8 Å². The maximum absolute atomic E-state index is 12.5. The zero-order valence-corrected chi connectivity index (χ0v) is 13.8. The second-order valence-electron chi connectivity index (χ2n) is 4.66. The van der Waals surface area contributed by atoms with Crippen molar-refractivity contribution < 1.29 is 9.21 Å². The Morgan fingerprint density at radius 3 is 2.86 bits per heavy atom. The number of furan rings is 1. The topological polar surface area (TPSA) is 45.8 Å². The van der Waals surface area contributed by atoms with Crippen LogP contribution in [0.4, 0.5) is 5.69 Å². The van der Waals surface area contributed by atoms with Crippen molar-refractivity contribution in [3.8, 4) is 0 Å². The second kappa shape index (κ2) is 6.77. The number of halogens is 2. The number of carbonyl (C=O) groups is 1. The molecular formula is C15H12Cl2N2O2S. The van der Waals surface area contributed by atoms with E-state index in [0.29, 0.717) is 33.0 Å². The maximum atomic E-state index is 12.5. The van der Waals surface area contributed by atoms with E-state index in [1.54, 1.807) is 40.9 Å². The largest absolute Gasteiger partial charge is 0.472 e. The highest BCUT2D eigenvalue weighted by atomic mass is 35.5. The fourth-order valence-electron chi connectivity index (χ4n) is 2.05. The Morgan fingerprint density at radius 1 is 1.27 bits per heavy atom. The number of rotatable bonds is 2. The Hall–Kier alpha value is -1.43. The fourth-order valence-corrected chi connectivity index (χ4v) is 3.30. The SMILES string of the molecule is O=C(c1ccoc1)N1CCCSC1=Nc1ccc(Cl)c(Cl)c1. The molecule has 0 bridgehead atoms. The first-order valence-corrected chi connectivity index (χ1v) is 8.40. The van der Waals surface area contributed by atoms with Crippen molar-refractivity contribution in [3.63, 3.8) is 0 Å². The Labute approximate surface area is 142 Å². The van der Waals surface area contributed by atoms with E-state index in [9.17, 15) is 4.79 Å². The predicted octanol–water partition coefficient (Wildman–Crippen LogP) is 4.85. The molecule has 22 heavy (non-hydrogen) atoms. The van der Waals surface area contributed by atoms with Crippen LogP contribution < -0.4 is 0 Å². The number of hydrogen-bond acceptors (Lipinski definition) is 4. The molecule has 0 aliphatic carbocycles. The van der Waals surface area contributed by atoms with Crippen LogP contribution >= 0.6 is 35.0 Å². The first kappa shape index (κ1) is 15.5. The molecule has 1 saturated heterocycles. The van der Waals surface area contributed by atoms with E-state index in [0.717, 1.165) is 12.2 Å². The van der Waals surface area contributed by atoms with Gasteiger partial charge in [-0.25, -0.2) is 4.99 Å². The fraction of sp³-hybridized carbons (Fsp3) is 0.200. The number of thioether (sulfide) groups is 1. The molecule has 1 aliphatic heterocycles. The maximum Gasteiger partial charge on any atom is 0.263 e. The van der Waals surface area contributed by atoms with Gasteiger partial charge in [0, 0.05) is 12.3 Å². The molecule has 0 radical (unpaired) electrons. The van der Waals surface area contributed by atoms with Crippen molar-refractivity contribution in [2.45, 2.75) is 6.42 Å². The van der Waals surface area contributed by atoms with Crippen molar-refractivity contribution in [3.05, 3.63) is 52.4 Å². The Kier molecular flexibility index (Phi) is 4.76. The van der Waals surface area contributed by atoms with Gasteiger partial charge in [-0.15, -0.1) is 0 Å². The summed E-state index contributed by atoms with van der Waals surface area (Å²) in [5.41, 5.74) is 1.19. The summed E-state index contributed by atoms with van der Waals surface area (Å²) < 4.78 is 4.98. The highest BCUT2D eigenvalue weighted by Crippen LogP contribution is 2.29. The van der Waals surface area contributed by atoms with Crippen molar-refractivity contribution in [1.29, 1.82) is 0 Å². The lowest BCUT2D eigenvalue weighted by Gasteiger charge is -2.27. The van der Waals surface area contributed by atoms with E-state index >= 15 is 0 Å². The van der Waals surface area contributed by atoms with Gasteiger partial charge in [0.1, 0.15) is 6.26 Å². The normalized spacial score (nSPS) is 17.0. The van der Waals surface area contributed by atoms with E-state index in [1.165, 1.54) is 12.5 Å². The number of nitrogens with zero attached hydrogens (tertiary/aromatic N) is 2. The van der Waals surface area contributed by atoms with Gasteiger partial charge in [-0.05, 0) is 30.7 Å². The second-order valence-corrected chi connectivity index (χ2v) is 6.54. The van der Waals surface area contributed by atoms with Gasteiger partial charge in [-0.3, -0.25) is 9.69 Å². The van der Waals surface area contributed by atoms with E-state index in [1.807, 2.05) is 0 Å². The molecule has 0 atom stereocenters. The van der Waals surface area contributed by atoms with E-state index in [4.69, 9.17) is 27.6 Å². The predicted molar refractivity (Wildman–Crippen MR) is 90.4 cm³/mol. The Morgan fingerprint density at radius 2 is 2.14 bits per heavy atom. The number of amides is 1. The Balaban J connectivity index is 1.90. The van der Waals surface area contributed by atoms with Gasteiger partial charge in [-0.1, -0.05) is 35.0 Å². The minimum atomic E-state index is -0.111. The van der Waals surface area contributed by atoms with Crippen molar-refractivity contribution in [1.82, 2.24) is 4.90 Å². The smallest absolute Gasteiger partial charge is 0.263 e. The molecule has 114 valence electrons. The lowest BCUT2D eigenvalue weighted by Crippen LogP contribution is -2.39. The summed E-state index contributed by atoms with van der Waals surface area (Å²) in [5.74, 6) is 0.815. The highest BCUT2D eigenvalue weighted by Gasteiger charge is 2.25. The van der Waals surface area contributed by atoms with E-state index in [2.05, 4.69) is 4.99 Å². The standard InChI is InChI=1S/C15H12Cl2N2O2S/c16-12-3-2-11(8-13(12)17)18-15-19(5-1-7-22-15)14(20)10-4-6-21-9-10/h2-4,6,8-9H,1,5,7H2. The third-order valence-electron chi connectivity index (χ3n) is 3.13. The molecule has 0 unspecified atom stereocenters. The summed E-state index contributed by atoms with van der Waals surface area (Å²) in [6, 6.07) is 6.81. The molecule has 2 heterocycles. The molecule has 2 aromatic rings. The van der Waals surface area contributed by atoms with Gasteiger partial charge < -0.3 is 4.42 Å². The first-order chi connectivity index (χ1) is 10.6. The van der Waals surface area contributed by atoms with Crippen LogP contribution in [-0.2, 0) is 0 Å². The first-order valence-electron chi connectivity index (χ1n) is 6.66. The third kappa shape index (κ3) is 3.32. The van der Waals surface area contributed by atoms with Gasteiger partial charge in [0.15, 0.2) is 5.17 Å². The molecule has 7 heteroatoms. The zero-order valence-electron chi connectivity index (χ0n) is 11.5. The van der Waals surface area contributed by atoms with Crippen molar-refractivity contribution in [2.24, 2.45) is 4.99 Å². The van der Waals surface area contributed by atoms with Gasteiger partial charge in [0.05, 0.1) is 27.6 Å². The quantitative estimate of drug-likeness (QED) is 0.773. The number of hydrogen-bond donors (Lipinski definition) is 0. The van der Waals surface area contributed by atoms with Gasteiger partial charge in [-0.2, -0.15) is 0 Å². The van der Waals surface area contributed by atoms with Crippen LogP contribution in [0.15, 0.2) is 46.2 Å². The molecule has 0 saturated carbocycles. The van der Waals surface area contributed by atoms with Crippen LogP contribution in [0, 0.1) is 0 Å². The molecular weight excluding hydrogens is 343 g/mol. The monoisotopic (exact) mass is 354 g/mol. The average Bonchev–Trinajstić information content (AvgIpc) is 3.05. The van der Waals surface area contributed by atoms with Crippen LogP contribution in [0.5, 0.6) is 0 Å². The summed E-state index contributed by atoms with van der Waals surface area (Å²) in [4.78, 5) is 18.7. The molecule has 1 aromatic carbocycles. The van der Waals surface area contributed by atoms with Crippen LogP contribution in [0.25, 0.3) is 0 Å². The summed E-state index contributed by atoms with van der Waals surface area (Å²) in [5, 5.41) is 1.58. The highest BCUT2D eigenvalue weighted by molar-refractivity contribution is 8.13. The van der Waals surface area contributed by atoms with Gasteiger partial charge in [0.25, 0.3) is 5.91 Å². The zero-order chi connectivity index (χ0) is 15.5. The van der Waals surface area contributed by atoms with Crippen molar-refractivity contribution >= 4 is 51.7 Å². The molecule has 1 fully saturated rings. The summed E-state index contributed by atoms with van der Waals surface area (Å²) in [7, 11) is 0. The lowest BCUT2D eigenvalue weighted by molar-refractivity contribution is 0.0848. The third-order valence-corrected chi connectivity index (χ3v) is 4.93. The minimum absolute atomic E-state index is 0.111. The van der Waals surface area contributed by atoms with Crippen LogP contribution in [0.3, 0.4) is 0 Å². The molecule has 0 N–H and O–H groups in total. The van der Waals surface area contributed by atoms with Crippen molar-refractivity contribution in [2.75, 3.05) is 12.3 Å². The minimum Gasteiger partial charge on any atom is -0.472 e. The number of carbonyl (C=O) groups excluding carboxylic acids is 1. The summed E-state index contributed by atoms with van der Waals surface area (Å²) >= 11 is 13.5. The molecule has 3 rings (SSSR count).